The highest BCUT2D eigenvalue weighted by Gasteiger charge is 2.39. The van der Waals surface area contributed by atoms with Crippen LogP contribution in [0.3, 0.4) is 0 Å². The molecule has 3 aromatic carbocycles. The lowest BCUT2D eigenvalue weighted by Crippen LogP contribution is -2.34. The summed E-state index contributed by atoms with van der Waals surface area (Å²) in [5.41, 5.74) is 2.42. The number of esters is 2. The summed E-state index contributed by atoms with van der Waals surface area (Å²) in [6.45, 7) is 1.61. The number of Topliss-reactive ketones (excluding diaryl/α,β-unsaturated/α-hetero) is 1. The highest BCUT2D eigenvalue weighted by atomic mass is 16.5. The number of ether oxygens (including phenoxy) is 3. The first-order valence-corrected chi connectivity index (χ1v) is 14.1. The predicted octanol–water partition coefficient (Wildman–Crippen LogP) is 6.15. The normalized spacial score (nSPS) is 18.1. The molecule has 1 aliphatic carbocycles. The van der Waals surface area contributed by atoms with E-state index in [0.29, 0.717) is 30.9 Å². The molecule has 7 heteroatoms. The lowest BCUT2D eigenvalue weighted by atomic mass is 9.85. The molecule has 0 aromatic heterocycles. The standard InChI is InChI=1S/C34H35NO6/c1-23(36)40-22-32(37)34(16-5-17-35-34)29-13-12-26-10-11-27(19-28(26)20-29)30-18-24(9-15-33(38)39-2)8-14-31(30)41-21-25-6-3-4-7-25/h5,8,10-14,16-20,25H,3-4,6-7,9,15,21-22H2,1-2H3. The minimum absolute atomic E-state index is 0.243. The molecule has 1 fully saturated rings. The van der Waals surface area contributed by atoms with Crippen molar-refractivity contribution >= 4 is 34.7 Å². The Bertz CT molecular complexity index is 1500. The van der Waals surface area contributed by atoms with Crippen molar-refractivity contribution < 1.29 is 28.6 Å². The van der Waals surface area contributed by atoms with E-state index in [1.807, 2.05) is 30.3 Å². The van der Waals surface area contributed by atoms with Gasteiger partial charge in [-0.2, -0.15) is 0 Å². The molecule has 2 aliphatic rings. The van der Waals surface area contributed by atoms with Crippen molar-refractivity contribution in [2.75, 3.05) is 20.3 Å². The molecule has 1 atom stereocenters. The van der Waals surface area contributed by atoms with Crippen molar-refractivity contribution in [3.05, 3.63) is 77.9 Å². The second kappa shape index (κ2) is 12.5. The fourth-order valence-electron chi connectivity index (χ4n) is 5.63. The molecule has 1 saturated carbocycles. The van der Waals surface area contributed by atoms with E-state index >= 15 is 0 Å². The van der Waals surface area contributed by atoms with Crippen molar-refractivity contribution in [1.82, 2.24) is 0 Å². The molecule has 1 aliphatic heterocycles. The monoisotopic (exact) mass is 553 g/mol. The van der Waals surface area contributed by atoms with Crippen LogP contribution in [0.15, 0.2) is 71.7 Å². The second-order valence-electron chi connectivity index (χ2n) is 10.8. The van der Waals surface area contributed by atoms with Gasteiger partial charge in [0.15, 0.2) is 12.1 Å². The van der Waals surface area contributed by atoms with Crippen molar-refractivity contribution in [3.63, 3.8) is 0 Å². The first-order valence-electron chi connectivity index (χ1n) is 14.1. The van der Waals surface area contributed by atoms with Gasteiger partial charge in [0.2, 0.25) is 5.78 Å². The third kappa shape index (κ3) is 6.40. The van der Waals surface area contributed by atoms with E-state index in [9.17, 15) is 14.4 Å². The second-order valence-corrected chi connectivity index (χ2v) is 10.8. The number of ketones is 1. The molecule has 41 heavy (non-hydrogen) atoms. The Labute approximate surface area is 240 Å². The number of rotatable bonds is 11. The predicted molar refractivity (Wildman–Crippen MR) is 158 cm³/mol. The highest BCUT2D eigenvalue weighted by molar-refractivity contribution is 5.99. The van der Waals surface area contributed by atoms with E-state index in [4.69, 9.17) is 14.2 Å². The zero-order valence-corrected chi connectivity index (χ0v) is 23.6. The van der Waals surface area contributed by atoms with Crippen molar-refractivity contribution in [2.24, 2.45) is 10.9 Å². The van der Waals surface area contributed by atoms with Crippen LogP contribution in [0.5, 0.6) is 5.75 Å². The maximum atomic E-state index is 13.2. The van der Waals surface area contributed by atoms with E-state index in [-0.39, 0.29) is 18.4 Å². The van der Waals surface area contributed by atoms with Crippen LogP contribution in [0.1, 0.15) is 50.2 Å². The van der Waals surface area contributed by atoms with E-state index in [1.54, 1.807) is 18.4 Å². The Hall–Kier alpha value is -4.26. The van der Waals surface area contributed by atoms with Crippen LogP contribution in [-0.4, -0.2) is 44.3 Å². The molecule has 212 valence electrons. The van der Waals surface area contributed by atoms with Crippen LogP contribution in [0.25, 0.3) is 21.9 Å². The van der Waals surface area contributed by atoms with Crippen LogP contribution in [-0.2, 0) is 35.8 Å². The molecular formula is C34H35NO6. The lowest BCUT2D eigenvalue weighted by Gasteiger charge is -2.23. The summed E-state index contributed by atoms with van der Waals surface area (Å²) in [6.07, 6.45) is 10.8. The Kier molecular flexibility index (Phi) is 8.62. The number of benzene rings is 3. The number of carbonyl (C=O) groups is 3. The largest absolute Gasteiger partial charge is 0.493 e. The van der Waals surface area contributed by atoms with Gasteiger partial charge >= 0.3 is 11.9 Å². The minimum Gasteiger partial charge on any atom is -0.493 e. The Morgan fingerprint density at radius 1 is 0.976 bits per heavy atom. The molecule has 0 saturated heterocycles. The van der Waals surface area contributed by atoms with E-state index in [2.05, 4.69) is 29.3 Å². The summed E-state index contributed by atoms with van der Waals surface area (Å²) in [7, 11) is 1.40. The summed E-state index contributed by atoms with van der Waals surface area (Å²) in [5, 5.41) is 1.96. The summed E-state index contributed by atoms with van der Waals surface area (Å²) >= 11 is 0. The number of methoxy groups -OCH3 is 1. The van der Waals surface area contributed by atoms with Crippen molar-refractivity contribution in [2.45, 2.75) is 51.0 Å². The molecule has 1 unspecified atom stereocenters. The first kappa shape index (κ1) is 28.3. The van der Waals surface area contributed by atoms with Gasteiger partial charge in [-0.25, -0.2) is 0 Å². The molecule has 3 aromatic rings. The number of hydrogen-bond acceptors (Lipinski definition) is 7. The number of aryl methyl sites for hydroxylation is 1. The summed E-state index contributed by atoms with van der Waals surface area (Å²) < 4.78 is 16.2. The molecule has 7 nitrogen and oxygen atoms in total. The number of allylic oxidation sites excluding steroid dienone is 1. The van der Waals surface area contributed by atoms with Gasteiger partial charge in [-0.1, -0.05) is 43.2 Å². The van der Waals surface area contributed by atoms with Crippen LogP contribution in [0, 0.1) is 5.92 Å². The Morgan fingerprint density at radius 3 is 2.51 bits per heavy atom. The quantitative estimate of drug-likeness (QED) is 0.265. The number of carbonyl (C=O) groups excluding carboxylic acids is 3. The van der Waals surface area contributed by atoms with Crippen LogP contribution in [0.2, 0.25) is 0 Å². The van der Waals surface area contributed by atoms with Gasteiger partial charge in [0.1, 0.15) is 5.75 Å². The number of aliphatic imine (C=N–C) groups is 1. The van der Waals surface area contributed by atoms with Gasteiger partial charge in [-0.05, 0) is 89.1 Å². The zero-order valence-electron chi connectivity index (χ0n) is 23.6. The zero-order chi connectivity index (χ0) is 28.8. The van der Waals surface area contributed by atoms with Gasteiger partial charge in [-0.15, -0.1) is 0 Å². The Morgan fingerprint density at radius 2 is 1.78 bits per heavy atom. The smallest absolute Gasteiger partial charge is 0.305 e. The fraction of sp³-hybridized carbons (Fsp3) is 0.353. The molecule has 0 spiro atoms. The Balaban J connectivity index is 1.50. The van der Waals surface area contributed by atoms with Gasteiger partial charge in [-0.3, -0.25) is 19.4 Å². The number of fused-ring (bicyclic) bond motifs is 1. The average Bonchev–Trinajstić information content (AvgIpc) is 3.70. The van der Waals surface area contributed by atoms with E-state index in [0.717, 1.165) is 33.2 Å². The minimum atomic E-state index is -1.23. The van der Waals surface area contributed by atoms with Gasteiger partial charge < -0.3 is 14.2 Å². The van der Waals surface area contributed by atoms with E-state index in [1.165, 1.54) is 39.7 Å². The highest BCUT2D eigenvalue weighted by Crippen LogP contribution is 2.37. The van der Waals surface area contributed by atoms with Gasteiger partial charge in [0, 0.05) is 25.1 Å². The van der Waals surface area contributed by atoms with E-state index < -0.39 is 11.5 Å². The summed E-state index contributed by atoms with van der Waals surface area (Å²) in [6, 6.07) is 18.1. The average molecular weight is 554 g/mol. The maximum absolute atomic E-state index is 13.2. The molecule has 1 heterocycles. The third-order valence-corrected chi connectivity index (χ3v) is 7.96. The molecule has 0 N–H and O–H groups in total. The summed E-state index contributed by atoms with van der Waals surface area (Å²) in [5.74, 6) is 0.316. The molecule has 5 rings (SSSR count). The van der Waals surface area contributed by atoms with Crippen LogP contribution >= 0.6 is 0 Å². The first-order chi connectivity index (χ1) is 19.9. The van der Waals surface area contributed by atoms with Gasteiger partial charge in [0.25, 0.3) is 0 Å². The molecule has 0 amide bonds. The molecule has 0 bridgehead atoms. The van der Waals surface area contributed by atoms with Gasteiger partial charge in [0.05, 0.1) is 13.7 Å². The van der Waals surface area contributed by atoms with Crippen LogP contribution < -0.4 is 4.74 Å². The van der Waals surface area contributed by atoms with Crippen molar-refractivity contribution in [1.29, 1.82) is 0 Å². The molecular weight excluding hydrogens is 518 g/mol. The summed E-state index contributed by atoms with van der Waals surface area (Å²) in [4.78, 5) is 40.8. The molecule has 0 radical (unpaired) electrons. The topological polar surface area (TPSA) is 91.3 Å². The third-order valence-electron chi connectivity index (χ3n) is 7.96. The number of hydrogen-bond donors (Lipinski definition) is 0. The fourth-order valence-corrected chi connectivity index (χ4v) is 5.63. The number of nitrogens with zero attached hydrogens (tertiary/aromatic N) is 1. The SMILES string of the molecule is COC(=O)CCc1ccc(OCC2CCCC2)c(-c2ccc3ccc(C4(C(=O)COC(C)=O)C=CC=N4)cc3c2)c1. The lowest BCUT2D eigenvalue weighted by molar-refractivity contribution is -0.146. The maximum Gasteiger partial charge on any atom is 0.305 e. The van der Waals surface area contributed by atoms with Crippen molar-refractivity contribution in [3.8, 4) is 16.9 Å². The van der Waals surface area contributed by atoms with Crippen LogP contribution in [0.4, 0.5) is 0 Å².